The number of carbonyl (C=O) groups excluding carboxylic acids is 1. The Morgan fingerprint density at radius 2 is 2.03 bits per heavy atom. The van der Waals surface area contributed by atoms with Crippen LogP contribution in [0.5, 0.6) is 5.75 Å². The highest BCUT2D eigenvalue weighted by molar-refractivity contribution is 7.15. The highest BCUT2D eigenvalue weighted by Crippen LogP contribution is 2.40. The third-order valence-corrected chi connectivity index (χ3v) is 6.57. The number of aromatic nitrogens is 2. The molecule has 0 spiro atoms. The standard InChI is InChI=1S/C23H23ClFN3O3S/c1-12-10-28-23(32-12)18-9-16(31-15-3-5-30-6-4-15)8-17(22(26)29)20(18)13(2)21-19(25)7-14(24)11-27-21/h7-11,13,15H,3-6H2,1-2H3,(H2,26,29). The molecule has 0 aliphatic carbocycles. The second kappa shape index (κ2) is 9.52. The maximum absolute atomic E-state index is 14.7. The summed E-state index contributed by atoms with van der Waals surface area (Å²) in [5, 5.41) is 0.892. The molecule has 1 amide bonds. The minimum absolute atomic E-state index is 0.0194. The van der Waals surface area contributed by atoms with E-state index in [-0.39, 0.29) is 22.4 Å². The summed E-state index contributed by atoms with van der Waals surface area (Å²) in [6.07, 6.45) is 4.64. The SMILES string of the molecule is Cc1cnc(-c2cc(OC3CCOCC3)cc(C(N)=O)c2C(C)c2ncc(Cl)cc2F)s1. The molecule has 0 radical (unpaired) electrons. The van der Waals surface area contributed by atoms with Gasteiger partial charge >= 0.3 is 0 Å². The fourth-order valence-electron chi connectivity index (χ4n) is 3.89. The molecule has 9 heteroatoms. The molecule has 1 saturated heterocycles. The average Bonchev–Trinajstić information content (AvgIpc) is 3.19. The molecule has 3 heterocycles. The van der Waals surface area contributed by atoms with Gasteiger partial charge in [-0.15, -0.1) is 11.3 Å². The van der Waals surface area contributed by atoms with Crippen LogP contribution < -0.4 is 10.5 Å². The van der Waals surface area contributed by atoms with Gasteiger partial charge in [-0.1, -0.05) is 18.5 Å². The monoisotopic (exact) mass is 475 g/mol. The van der Waals surface area contributed by atoms with E-state index < -0.39 is 17.6 Å². The van der Waals surface area contributed by atoms with E-state index in [1.54, 1.807) is 19.2 Å². The number of nitrogens with two attached hydrogens (primary N) is 1. The normalized spacial score (nSPS) is 15.5. The molecular weight excluding hydrogens is 453 g/mol. The second-order valence-electron chi connectivity index (χ2n) is 7.74. The predicted molar refractivity (Wildman–Crippen MR) is 122 cm³/mol. The van der Waals surface area contributed by atoms with Crippen LogP contribution in [-0.2, 0) is 4.74 Å². The van der Waals surface area contributed by atoms with Gasteiger partial charge in [-0.05, 0) is 30.7 Å². The molecule has 4 rings (SSSR count). The van der Waals surface area contributed by atoms with Crippen molar-refractivity contribution in [1.82, 2.24) is 9.97 Å². The van der Waals surface area contributed by atoms with Gasteiger partial charge in [0.2, 0.25) is 5.91 Å². The van der Waals surface area contributed by atoms with Crippen LogP contribution in [0.25, 0.3) is 10.6 Å². The molecule has 2 N–H and O–H groups in total. The Hall–Kier alpha value is -2.55. The number of aryl methyl sites for hydroxylation is 1. The Balaban J connectivity index is 1.87. The van der Waals surface area contributed by atoms with E-state index in [4.69, 9.17) is 26.8 Å². The summed E-state index contributed by atoms with van der Waals surface area (Å²) in [6, 6.07) is 4.68. The van der Waals surface area contributed by atoms with E-state index in [2.05, 4.69) is 9.97 Å². The summed E-state index contributed by atoms with van der Waals surface area (Å²) in [6.45, 7) is 4.98. The molecule has 1 aliphatic rings. The molecule has 1 atom stereocenters. The molecule has 1 aromatic carbocycles. The molecule has 0 saturated carbocycles. The van der Waals surface area contributed by atoms with Crippen LogP contribution in [0.2, 0.25) is 5.02 Å². The number of ether oxygens (including phenoxy) is 2. The van der Waals surface area contributed by atoms with Crippen molar-refractivity contribution in [1.29, 1.82) is 0 Å². The zero-order chi connectivity index (χ0) is 22.8. The highest BCUT2D eigenvalue weighted by atomic mass is 35.5. The van der Waals surface area contributed by atoms with E-state index in [0.29, 0.717) is 35.1 Å². The van der Waals surface area contributed by atoms with E-state index in [9.17, 15) is 9.18 Å². The van der Waals surface area contributed by atoms with Crippen LogP contribution >= 0.6 is 22.9 Å². The zero-order valence-corrected chi connectivity index (χ0v) is 19.3. The van der Waals surface area contributed by atoms with Crippen LogP contribution in [0.4, 0.5) is 4.39 Å². The number of nitrogens with zero attached hydrogens (tertiary/aromatic N) is 2. The van der Waals surface area contributed by atoms with E-state index >= 15 is 0 Å². The summed E-state index contributed by atoms with van der Waals surface area (Å²) in [5.74, 6) is -1.24. The van der Waals surface area contributed by atoms with Crippen molar-refractivity contribution in [2.75, 3.05) is 13.2 Å². The van der Waals surface area contributed by atoms with Crippen molar-refractivity contribution in [2.24, 2.45) is 5.73 Å². The summed E-state index contributed by atoms with van der Waals surface area (Å²) < 4.78 is 26.3. The number of carbonyl (C=O) groups is 1. The van der Waals surface area contributed by atoms with Crippen LogP contribution in [-0.4, -0.2) is 35.2 Å². The van der Waals surface area contributed by atoms with Crippen LogP contribution in [0.15, 0.2) is 30.6 Å². The van der Waals surface area contributed by atoms with E-state index in [1.807, 2.05) is 13.0 Å². The van der Waals surface area contributed by atoms with E-state index in [1.165, 1.54) is 23.6 Å². The van der Waals surface area contributed by atoms with Crippen LogP contribution in [0, 0.1) is 12.7 Å². The zero-order valence-electron chi connectivity index (χ0n) is 17.7. The lowest BCUT2D eigenvalue weighted by Gasteiger charge is -2.25. The fourth-order valence-corrected chi connectivity index (χ4v) is 4.83. The summed E-state index contributed by atoms with van der Waals surface area (Å²) in [5.41, 5.74) is 7.43. The minimum Gasteiger partial charge on any atom is -0.490 e. The first-order chi connectivity index (χ1) is 15.3. The Morgan fingerprint density at radius 1 is 1.28 bits per heavy atom. The van der Waals surface area contributed by atoms with Crippen LogP contribution in [0.3, 0.4) is 0 Å². The van der Waals surface area contributed by atoms with Gasteiger partial charge < -0.3 is 15.2 Å². The third kappa shape index (κ3) is 4.77. The molecule has 32 heavy (non-hydrogen) atoms. The number of hydrogen-bond acceptors (Lipinski definition) is 6. The number of amides is 1. The van der Waals surface area contributed by atoms with Crippen molar-refractivity contribution in [3.63, 3.8) is 0 Å². The molecule has 168 valence electrons. The molecule has 1 unspecified atom stereocenters. The highest BCUT2D eigenvalue weighted by Gasteiger charge is 2.27. The second-order valence-corrected chi connectivity index (χ2v) is 9.42. The molecular formula is C23H23ClFN3O3S. The van der Waals surface area contributed by atoms with Gasteiger partial charge in [0.15, 0.2) is 0 Å². The number of primary amides is 1. The number of thiazole rings is 1. The summed E-state index contributed by atoms with van der Waals surface area (Å²) in [4.78, 5) is 22.2. The molecule has 6 nitrogen and oxygen atoms in total. The largest absolute Gasteiger partial charge is 0.490 e. The van der Waals surface area contributed by atoms with Gasteiger partial charge in [-0.2, -0.15) is 0 Å². The Bertz CT molecular complexity index is 1150. The Kier molecular flexibility index (Phi) is 6.74. The minimum atomic E-state index is -0.631. The van der Waals surface area contributed by atoms with E-state index in [0.717, 1.165) is 17.7 Å². The molecule has 2 aromatic heterocycles. The molecule has 1 aliphatic heterocycles. The van der Waals surface area contributed by atoms with Crippen LogP contribution in [0.1, 0.15) is 52.2 Å². The smallest absolute Gasteiger partial charge is 0.249 e. The van der Waals surface area contributed by atoms with Gasteiger partial charge in [0, 0.05) is 47.2 Å². The predicted octanol–water partition coefficient (Wildman–Crippen LogP) is 5.11. The maximum atomic E-state index is 14.7. The van der Waals surface area contributed by atoms with Crippen molar-refractivity contribution in [3.05, 3.63) is 63.1 Å². The lowest BCUT2D eigenvalue weighted by atomic mass is 9.87. The fraction of sp³-hybridized carbons (Fsp3) is 0.348. The number of hydrogen-bond donors (Lipinski definition) is 1. The summed E-state index contributed by atoms with van der Waals surface area (Å²) in [7, 11) is 0. The first-order valence-corrected chi connectivity index (χ1v) is 11.5. The Morgan fingerprint density at radius 3 is 2.66 bits per heavy atom. The lowest BCUT2D eigenvalue weighted by molar-refractivity contribution is 0.0255. The average molecular weight is 476 g/mol. The number of rotatable bonds is 6. The van der Waals surface area contributed by atoms with Crippen molar-refractivity contribution in [3.8, 4) is 16.3 Å². The van der Waals surface area contributed by atoms with Gasteiger partial charge in [0.05, 0.1) is 23.9 Å². The maximum Gasteiger partial charge on any atom is 0.249 e. The van der Waals surface area contributed by atoms with Gasteiger partial charge in [-0.3, -0.25) is 9.78 Å². The lowest BCUT2D eigenvalue weighted by Crippen LogP contribution is -2.26. The quantitative estimate of drug-likeness (QED) is 0.535. The summed E-state index contributed by atoms with van der Waals surface area (Å²) >= 11 is 7.36. The Labute approximate surface area is 194 Å². The topological polar surface area (TPSA) is 87.3 Å². The number of pyridine rings is 1. The third-order valence-electron chi connectivity index (χ3n) is 5.42. The number of benzene rings is 1. The van der Waals surface area contributed by atoms with Crippen molar-refractivity contribution >= 4 is 28.8 Å². The van der Waals surface area contributed by atoms with Gasteiger partial charge in [0.1, 0.15) is 22.7 Å². The molecule has 1 fully saturated rings. The first kappa shape index (κ1) is 22.6. The molecule has 3 aromatic rings. The van der Waals surface area contributed by atoms with Crippen molar-refractivity contribution < 1.29 is 18.7 Å². The van der Waals surface area contributed by atoms with Gasteiger partial charge in [-0.25, -0.2) is 9.37 Å². The number of halogens is 2. The van der Waals surface area contributed by atoms with Gasteiger partial charge in [0.25, 0.3) is 0 Å². The first-order valence-electron chi connectivity index (χ1n) is 10.3. The molecule has 0 bridgehead atoms. The van der Waals surface area contributed by atoms with Crippen molar-refractivity contribution in [2.45, 2.75) is 38.7 Å².